The first-order chi connectivity index (χ1) is 5.58. The van der Waals surface area contributed by atoms with Crippen LogP contribution >= 0.6 is 0 Å². The van der Waals surface area contributed by atoms with Crippen molar-refractivity contribution in [1.82, 2.24) is 0 Å². The van der Waals surface area contributed by atoms with Crippen LogP contribution in [0.4, 0.5) is 0 Å². The van der Waals surface area contributed by atoms with Crippen LogP contribution in [0.3, 0.4) is 0 Å². The van der Waals surface area contributed by atoms with Gasteiger partial charge in [0.1, 0.15) is 0 Å². The molecule has 1 heteroatoms. The van der Waals surface area contributed by atoms with Gasteiger partial charge < -0.3 is 5.73 Å². The summed E-state index contributed by atoms with van der Waals surface area (Å²) in [5.74, 6) is 0.711. The number of hydrogen-bond acceptors (Lipinski definition) is 1. The van der Waals surface area contributed by atoms with Crippen LogP contribution in [-0.2, 0) is 0 Å². The van der Waals surface area contributed by atoms with Crippen molar-refractivity contribution in [1.29, 1.82) is 0 Å². The van der Waals surface area contributed by atoms with Gasteiger partial charge >= 0.3 is 0 Å². The van der Waals surface area contributed by atoms with Crippen LogP contribution in [-0.4, -0.2) is 5.54 Å². The van der Waals surface area contributed by atoms with Gasteiger partial charge in [-0.3, -0.25) is 0 Å². The summed E-state index contributed by atoms with van der Waals surface area (Å²) in [5, 5.41) is 0. The summed E-state index contributed by atoms with van der Waals surface area (Å²) in [6.45, 7) is 8.87. The van der Waals surface area contributed by atoms with Crippen molar-refractivity contribution in [3.05, 3.63) is 0 Å². The van der Waals surface area contributed by atoms with Crippen molar-refractivity contribution in [3.63, 3.8) is 0 Å². The summed E-state index contributed by atoms with van der Waals surface area (Å²) >= 11 is 0. The first-order valence-corrected chi connectivity index (χ1v) is 5.37. The van der Waals surface area contributed by atoms with Gasteiger partial charge in [-0.1, -0.05) is 40.0 Å². The van der Waals surface area contributed by atoms with E-state index in [1.165, 1.54) is 25.7 Å². The molecule has 0 bridgehead atoms. The molecule has 0 saturated heterocycles. The molecule has 0 aromatic rings. The molecule has 0 aromatic carbocycles. The Morgan fingerprint density at radius 2 is 1.83 bits per heavy atom. The third-order valence-corrected chi connectivity index (χ3v) is 3.09. The average molecular weight is 171 g/mol. The van der Waals surface area contributed by atoms with Crippen molar-refractivity contribution in [2.45, 2.75) is 65.3 Å². The van der Waals surface area contributed by atoms with Crippen LogP contribution in [0, 0.1) is 5.92 Å². The SMILES string of the molecule is CCCCC(CC)C(C)(N)CC. The smallest absolute Gasteiger partial charge is 0.0151 e. The Hall–Kier alpha value is -0.0400. The topological polar surface area (TPSA) is 26.0 Å². The highest BCUT2D eigenvalue weighted by Crippen LogP contribution is 2.26. The molecule has 0 amide bonds. The third-order valence-electron chi connectivity index (χ3n) is 3.09. The molecule has 12 heavy (non-hydrogen) atoms. The molecule has 0 saturated carbocycles. The van der Waals surface area contributed by atoms with Gasteiger partial charge in [-0.2, -0.15) is 0 Å². The lowest BCUT2D eigenvalue weighted by atomic mass is 9.79. The van der Waals surface area contributed by atoms with Crippen molar-refractivity contribution in [2.24, 2.45) is 11.7 Å². The Balaban J connectivity index is 3.95. The zero-order valence-corrected chi connectivity index (χ0v) is 9.19. The van der Waals surface area contributed by atoms with Crippen LogP contribution in [0.2, 0.25) is 0 Å². The maximum absolute atomic E-state index is 6.21. The average Bonchev–Trinajstić information content (AvgIpc) is 2.05. The Labute approximate surface area is 77.7 Å². The van der Waals surface area contributed by atoms with Crippen LogP contribution in [0.5, 0.6) is 0 Å². The van der Waals surface area contributed by atoms with Crippen LogP contribution in [0.1, 0.15) is 59.8 Å². The first kappa shape index (κ1) is 12.0. The second-order valence-electron chi connectivity index (χ2n) is 4.11. The van der Waals surface area contributed by atoms with Crippen molar-refractivity contribution in [2.75, 3.05) is 0 Å². The second kappa shape index (κ2) is 5.58. The third kappa shape index (κ3) is 3.57. The lowest BCUT2D eigenvalue weighted by Gasteiger charge is -2.32. The van der Waals surface area contributed by atoms with Gasteiger partial charge in [0.15, 0.2) is 0 Å². The highest BCUT2D eigenvalue weighted by molar-refractivity contribution is 4.84. The van der Waals surface area contributed by atoms with Crippen molar-refractivity contribution >= 4 is 0 Å². The Bertz CT molecular complexity index is 108. The molecule has 0 spiro atoms. The molecular formula is C11H25N. The minimum absolute atomic E-state index is 0.0594. The molecule has 2 unspecified atom stereocenters. The summed E-state index contributed by atoms with van der Waals surface area (Å²) < 4.78 is 0. The van der Waals surface area contributed by atoms with E-state index in [0.29, 0.717) is 5.92 Å². The van der Waals surface area contributed by atoms with Gasteiger partial charge in [0.05, 0.1) is 0 Å². The fraction of sp³-hybridized carbons (Fsp3) is 1.00. The number of nitrogens with two attached hydrogens (primary N) is 1. The Morgan fingerprint density at radius 1 is 1.25 bits per heavy atom. The highest BCUT2D eigenvalue weighted by Gasteiger charge is 2.25. The number of unbranched alkanes of at least 4 members (excludes halogenated alkanes) is 1. The maximum Gasteiger partial charge on any atom is 0.0151 e. The molecule has 0 aromatic heterocycles. The second-order valence-corrected chi connectivity index (χ2v) is 4.11. The number of hydrogen-bond donors (Lipinski definition) is 1. The maximum atomic E-state index is 6.21. The van der Waals surface area contributed by atoms with E-state index < -0.39 is 0 Å². The molecule has 0 aliphatic carbocycles. The molecule has 2 N–H and O–H groups in total. The lowest BCUT2D eigenvalue weighted by Crippen LogP contribution is -2.43. The Morgan fingerprint density at radius 3 is 2.17 bits per heavy atom. The van der Waals surface area contributed by atoms with Gasteiger partial charge in [0.2, 0.25) is 0 Å². The Kier molecular flexibility index (Phi) is 5.56. The van der Waals surface area contributed by atoms with Crippen LogP contribution < -0.4 is 5.73 Å². The monoisotopic (exact) mass is 171 g/mol. The quantitative estimate of drug-likeness (QED) is 0.652. The van der Waals surface area contributed by atoms with Crippen LogP contribution in [0.25, 0.3) is 0 Å². The normalized spacial score (nSPS) is 18.8. The van der Waals surface area contributed by atoms with E-state index in [9.17, 15) is 0 Å². The molecular weight excluding hydrogens is 146 g/mol. The van der Waals surface area contributed by atoms with E-state index in [-0.39, 0.29) is 5.54 Å². The lowest BCUT2D eigenvalue weighted by molar-refractivity contribution is 0.256. The number of rotatable bonds is 6. The minimum Gasteiger partial charge on any atom is -0.325 e. The summed E-state index contributed by atoms with van der Waals surface area (Å²) in [7, 11) is 0. The standard InChI is InChI=1S/C11H25N/c1-5-8-9-10(6-2)11(4,12)7-3/h10H,5-9,12H2,1-4H3. The molecule has 0 aliphatic rings. The van der Waals surface area contributed by atoms with E-state index in [1.807, 2.05) is 0 Å². The largest absolute Gasteiger partial charge is 0.325 e. The molecule has 0 radical (unpaired) electrons. The zero-order chi connectivity index (χ0) is 9.61. The molecule has 0 rings (SSSR count). The van der Waals surface area contributed by atoms with E-state index in [0.717, 1.165) is 6.42 Å². The van der Waals surface area contributed by atoms with E-state index in [1.54, 1.807) is 0 Å². The van der Waals surface area contributed by atoms with Gasteiger partial charge in [-0.15, -0.1) is 0 Å². The molecule has 0 aliphatic heterocycles. The molecule has 0 heterocycles. The molecule has 74 valence electrons. The fourth-order valence-electron chi connectivity index (χ4n) is 1.74. The van der Waals surface area contributed by atoms with Gasteiger partial charge in [0.25, 0.3) is 0 Å². The van der Waals surface area contributed by atoms with Crippen molar-refractivity contribution in [3.8, 4) is 0 Å². The molecule has 2 atom stereocenters. The predicted molar refractivity (Wildman–Crippen MR) is 56.2 cm³/mol. The summed E-state index contributed by atoms with van der Waals surface area (Å²) in [6.07, 6.45) is 6.23. The highest BCUT2D eigenvalue weighted by atomic mass is 14.7. The summed E-state index contributed by atoms with van der Waals surface area (Å²) in [4.78, 5) is 0. The summed E-state index contributed by atoms with van der Waals surface area (Å²) in [5.41, 5.74) is 6.27. The van der Waals surface area contributed by atoms with Gasteiger partial charge in [-0.25, -0.2) is 0 Å². The minimum atomic E-state index is 0.0594. The molecule has 0 fully saturated rings. The van der Waals surface area contributed by atoms with E-state index in [4.69, 9.17) is 5.73 Å². The fourth-order valence-corrected chi connectivity index (χ4v) is 1.74. The first-order valence-electron chi connectivity index (χ1n) is 5.37. The van der Waals surface area contributed by atoms with Gasteiger partial charge in [-0.05, 0) is 25.7 Å². The van der Waals surface area contributed by atoms with E-state index in [2.05, 4.69) is 27.7 Å². The zero-order valence-electron chi connectivity index (χ0n) is 9.19. The summed E-state index contributed by atoms with van der Waals surface area (Å²) in [6, 6.07) is 0. The predicted octanol–water partition coefficient (Wildman–Crippen LogP) is 3.33. The van der Waals surface area contributed by atoms with E-state index >= 15 is 0 Å². The van der Waals surface area contributed by atoms with Crippen molar-refractivity contribution < 1.29 is 0 Å². The van der Waals surface area contributed by atoms with Gasteiger partial charge in [0, 0.05) is 5.54 Å². The van der Waals surface area contributed by atoms with Crippen LogP contribution in [0.15, 0.2) is 0 Å². The molecule has 1 nitrogen and oxygen atoms in total.